The highest BCUT2D eigenvalue weighted by Crippen LogP contribution is 2.59. The van der Waals surface area contributed by atoms with Crippen molar-refractivity contribution in [3.63, 3.8) is 0 Å². The summed E-state index contributed by atoms with van der Waals surface area (Å²) in [6.07, 6.45) is 5.00. The second kappa shape index (κ2) is 3.22. The number of hydrogen-bond acceptors (Lipinski definition) is 3. The lowest BCUT2D eigenvalue weighted by molar-refractivity contribution is 0.664. The van der Waals surface area contributed by atoms with Crippen molar-refractivity contribution < 1.29 is 0 Å². The lowest BCUT2D eigenvalue weighted by Gasteiger charge is -2.22. The van der Waals surface area contributed by atoms with Gasteiger partial charge in [0.2, 0.25) is 0 Å². The molecule has 15 heavy (non-hydrogen) atoms. The first kappa shape index (κ1) is 9.67. The molecule has 4 heteroatoms. The summed E-state index contributed by atoms with van der Waals surface area (Å²) in [5, 5.41) is 0.860. The molecule has 1 heterocycles. The predicted molar refractivity (Wildman–Crippen MR) is 67.2 cm³/mol. The first-order valence-electron chi connectivity index (χ1n) is 5.25. The van der Waals surface area contributed by atoms with Crippen molar-refractivity contribution in [1.29, 1.82) is 0 Å². The van der Waals surface area contributed by atoms with Crippen LogP contribution in [0.4, 0.5) is 11.4 Å². The van der Waals surface area contributed by atoms with Gasteiger partial charge in [-0.3, -0.25) is 0 Å². The van der Waals surface area contributed by atoms with Crippen LogP contribution in [-0.4, -0.2) is 0 Å². The summed E-state index contributed by atoms with van der Waals surface area (Å²) >= 11 is 8.10. The molecular formula is C11H13ClN2S. The molecule has 2 aliphatic rings. The van der Waals surface area contributed by atoms with Crippen LogP contribution in [0.3, 0.4) is 0 Å². The molecule has 1 aliphatic heterocycles. The SMILES string of the molecule is Nc1ccc(Cl)c2c1NSC21CCCC1. The van der Waals surface area contributed by atoms with Gasteiger partial charge >= 0.3 is 0 Å². The molecule has 1 aromatic carbocycles. The van der Waals surface area contributed by atoms with E-state index in [9.17, 15) is 0 Å². The van der Waals surface area contributed by atoms with Crippen LogP contribution < -0.4 is 10.5 Å². The quantitative estimate of drug-likeness (QED) is 0.536. The van der Waals surface area contributed by atoms with Crippen molar-refractivity contribution in [2.24, 2.45) is 0 Å². The summed E-state index contributed by atoms with van der Waals surface area (Å²) in [7, 11) is 0. The number of fused-ring (bicyclic) bond motifs is 2. The lowest BCUT2D eigenvalue weighted by Crippen LogP contribution is -2.13. The van der Waals surface area contributed by atoms with Gasteiger partial charge in [0.15, 0.2) is 0 Å². The number of hydrogen-bond donors (Lipinski definition) is 2. The van der Waals surface area contributed by atoms with Crippen LogP contribution in [0.25, 0.3) is 0 Å². The Hall–Kier alpha value is -0.540. The monoisotopic (exact) mass is 240 g/mol. The van der Waals surface area contributed by atoms with Crippen LogP contribution in [0.2, 0.25) is 5.02 Å². The summed E-state index contributed by atoms with van der Waals surface area (Å²) in [6.45, 7) is 0. The first-order valence-corrected chi connectivity index (χ1v) is 6.45. The molecule has 0 aromatic heterocycles. The molecule has 3 rings (SSSR count). The number of anilines is 2. The first-order chi connectivity index (χ1) is 7.23. The average Bonchev–Trinajstić information content (AvgIpc) is 2.83. The number of rotatable bonds is 0. The fraction of sp³-hybridized carbons (Fsp3) is 0.455. The van der Waals surface area contributed by atoms with Crippen LogP contribution in [0.5, 0.6) is 0 Å². The van der Waals surface area contributed by atoms with Gasteiger partial charge in [0.05, 0.1) is 16.1 Å². The van der Waals surface area contributed by atoms with Crippen molar-refractivity contribution >= 4 is 34.9 Å². The van der Waals surface area contributed by atoms with Crippen LogP contribution in [0.1, 0.15) is 31.2 Å². The van der Waals surface area contributed by atoms with E-state index in [4.69, 9.17) is 17.3 Å². The van der Waals surface area contributed by atoms with Crippen LogP contribution >= 0.6 is 23.5 Å². The second-order valence-corrected chi connectivity index (χ2v) is 5.89. The van der Waals surface area contributed by atoms with Crippen molar-refractivity contribution in [3.8, 4) is 0 Å². The van der Waals surface area contributed by atoms with Crippen LogP contribution in [0.15, 0.2) is 12.1 Å². The van der Waals surface area contributed by atoms with E-state index in [1.807, 2.05) is 12.1 Å². The van der Waals surface area contributed by atoms with Gasteiger partial charge < -0.3 is 10.5 Å². The highest BCUT2D eigenvalue weighted by molar-refractivity contribution is 8.01. The summed E-state index contributed by atoms with van der Waals surface area (Å²) in [5.41, 5.74) is 9.06. The van der Waals surface area contributed by atoms with E-state index in [0.29, 0.717) is 0 Å². The molecule has 0 saturated heterocycles. The molecule has 1 aliphatic carbocycles. The number of nitrogens with one attached hydrogen (secondary N) is 1. The van der Waals surface area contributed by atoms with Gasteiger partial charge in [0.1, 0.15) is 0 Å². The Kier molecular flexibility index (Phi) is 2.08. The molecular weight excluding hydrogens is 228 g/mol. The summed E-state index contributed by atoms with van der Waals surface area (Å²) in [6, 6.07) is 3.80. The van der Waals surface area contributed by atoms with Gasteiger partial charge in [-0.2, -0.15) is 0 Å². The molecule has 1 aromatic rings. The van der Waals surface area contributed by atoms with Crippen molar-refractivity contribution in [2.45, 2.75) is 30.4 Å². The predicted octanol–water partition coefficient (Wildman–Crippen LogP) is 3.77. The third kappa shape index (κ3) is 1.26. The van der Waals surface area contributed by atoms with E-state index in [1.54, 1.807) is 11.9 Å². The molecule has 80 valence electrons. The zero-order chi connectivity index (χ0) is 10.5. The molecule has 0 atom stereocenters. The van der Waals surface area contributed by atoms with Gasteiger partial charge in [-0.25, -0.2) is 0 Å². The Morgan fingerprint density at radius 3 is 2.80 bits per heavy atom. The zero-order valence-corrected chi connectivity index (χ0v) is 9.92. The Morgan fingerprint density at radius 2 is 2.07 bits per heavy atom. The molecule has 0 amide bonds. The van der Waals surface area contributed by atoms with E-state index in [1.165, 1.54) is 31.2 Å². The fourth-order valence-corrected chi connectivity index (χ4v) is 4.37. The Bertz CT molecular complexity index is 413. The maximum atomic E-state index is 6.30. The summed E-state index contributed by atoms with van der Waals surface area (Å²) in [4.78, 5) is 0. The van der Waals surface area contributed by atoms with Crippen molar-refractivity contribution in [2.75, 3.05) is 10.5 Å². The highest BCUT2D eigenvalue weighted by Gasteiger charge is 2.44. The minimum absolute atomic E-state index is 0.196. The topological polar surface area (TPSA) is 38.0 Å². The van der Waals surface area contributed by atoms with E-state index >= 15 is 0 Å². The number of halogens is 1. The average molecular weight is 241 g/mol. The molecule has 1 saturated carbocycles. The largest absolute Gasteiger partial charge is 0.397 e. The lowest BCUT2D eigenvalue weighted by atomic mass is 9.94. The minimum Gasteiger partial charge on any atom is -0.397 e. The fourth-order valence-electron chi connectivity index (χ4n) is 2.65. The molecule has 2 nitrogen and oxygen atoms in total. The van der Waals surface area contributed by atoms with Gasteiger partial charge in [-0.15, -0.1) is 0 Å². The minimum atomic E-state index is 0.196. The van der Waals surface area contributed by atoms with Crippen molar-refractivity contribution in [1.82, 2.24) is 0 Å². The molecule has 3 N–H and O–H groups in total. The highest BCUT2D eigenvalue weighted by atomic mass is 35.5. The third-order valence-corrected chi connectivity index (χ3v) is 5.03. The normalized spacial score (nSPS) is 21.7. The third-order valence-electron chi connectivity index (χ3n) is 3.40. The Morgan fingerprint density at radius 1 is 1.33 bits per heavy atom. The summed E-state index contributed by atoms with van der Waals surface area (Å²) in [5.74, 6) is 0. The Balaban J connectivity index is 2.20. The van der Waals surface area contributed by atoms with Gasteiger partial charge in [-0.1, -0.05) is 24.4 Å². The second-order valence-electron chi connectivity index (χ2n) is 4.29. The number of nitrogens with two attached hydrogens (primary N) is 1. The maximum absolute atomic E-state index is 6.30. The standard InChI is InChI=1S/C11H13ClN2S/c12-7-3-4-8(13)10-9(7)11(15-14-10)5-1-2-6-11/h3-4,14H,1-2,5-6,13H2. The van der Waals surface area contributed by atoms with Crippen LogP contribution in [0, 0.1) is 0 Å². The molecule has 0 radical (unpaired) electrons. The summed E-state index contributed by atoms with van der Waals surface area (Å²) < 4.78 is 3.55. The maximum Gasteiger partial charge on any atom is 0.0735 e. The smallest absolute Gasteiger partial charge is 0.0735 e. The van der Waals surface area contributed by atoms with E-state index in [0.717, 1.165) is 16.4 Å². The number of benzene rings is 1. The van der Waals surface area contributed by atoms with E-state index in [2.05, 4.69) is 4.72 Å². The van der Waals surface area contributed by atoms with Gasteiger partial charge in [0, 0.05) is 10.6 Å². The van der Waals surface area contributed by atoms with E-state index in [-0.39, 0.29) is 4.75 Å². The number of nitrogen functional groups attached to an aromatic ring is 1. The molecule has 0 bridgehead atoms. The molecule has 1 spiro atoms. The Labute approximate surface area is 98.7 Å². The van der Waals surface area contributed by atoms with Crippen LogP contribution in [-0.2, 0) is 4.75 Å². The van der Waals surface area contributed by atoms with Gasteiger partial charge in [0.25, 0.3) is 0 Å². The van der Waals surface area contributed by atoms with Gasteiger partial charge in [-0.05, 0) is 36.9 Å². The molecule has 1 fully saturated rings. The van der Waals surface area contributed by atoms with E-state index < -0.39 is 0 Å². The van der Waals surface area contributed by atoms with Crippen molar-refractivity contribution in [3.05, 3.63) is 22.7 Å². The molecule has 0 unspecified atom stereocenters. The zero-order valence-electron chi connectivity index (χ0n) is 8.35.